The molecular weight excluding hydrogens is 392 g/mol. The van der Waals surface area contributed by atoms with Gasteiger partial charge in [0, 0.05) is 0 Å². The Hall–Kier alpha value is -2.84. The predicted octanol–water partition coefficient (Wildman–Crippen LogP) is 2.48. The first kappa shape index (κ1) is 23.4. The number of phenols is 6. The van der Waals surface area contributed by atoms with Crippen molar-refractivity contribution < 1.29 is 40.9 Å². The molecule has 0 aliphatic carbocycles. The maximum absolute atomic E-state index is 10.5. The third-order valence-electron chi connectivity index (χ3n) is 5.41. The molecular formula is C22H30O8. The number of phenolic OH excluding ortho intramolecular Hbond substituents is 6. The second kappa shape index (κ2) is 9.77. The minimum absolute atomic E-state index is 0.207. The number of hydrogen-bond acceptors (Lipinski definition) is 8. The molecule has 30 heavy (non-hydrogen) atoms. The number of benzene rings is 2. The summed E-state index contributed by atoms with van der Waals surface area (Å²) in [6.07, 6.45) is 0.216. The summed E-state index contributed by atoms with van der Waals surface area (Å²) in [5.41, 5.74) is 1.05. The smallest absolute Gasteiger partial charge is 0.200 e. The minimum Gasteiger partial charge on any atom is -0.504 e. The predicted molar refractivity (Wildman–Crippen MR) is 110 cm³/mol. The van der Waals surface area contributed by atoms with Crippen molar-refractivity contribution in [3.05, 3.63) is 35.4 Å². The van der Waals surface area contributed by atoms with E-state index in [0.717, 1.165) is 0 Å². The second-order valence-corrected chi connectivity index (χ2v) is 7.96. The molecule has 0 heterocycles. The van der Waals surface area contributed by atoms with E-state index < -0.39 is 46.7 Å². The minimum atomic E-state index is -0.790. The number of aliphatic hydroxyl groups is 2. The first-order valence-electron chi connectivity index (χ1n) is 9.83. The fourth-order valence-corrected chi connectivity index (χ4v) is 3.79. The van der Waals surface area contributed by atoms with Crippen molar-refractivity contribution in [3.8, 4) is 34.5 Å². The molecule has 0 saturated carbocycles. The van der Waals surface area contributed by atoms with Crippen LogP contribution in [0.3, 0.4) is 0 Å². The van der Waals surface area contributed by atoms with Gasteiger partial charge in [0.05, 0.1) is 12.2 Å². The third-order valence-corrected chi connectivity index (χ3v) is 5.41. The van der Waals surface area contributed by atoms with Crippen LogP contribution in [0.4, 0.5) is 0 Å². The van der Waals surface area contributed by atoms with Crippen molar-refractivity contribution in [3.63, 3.8) is 0 Å². The van der Waals surface area contributed by atoms with Crippen molar-refractivity contribution in [1.29, 1.82) is 0 Å². The van der Waals surface area contributed by atoms with Crippen LogP contribution in [0.1, 0.15) is 37.8 Å². The largest absolute Gasteiger partial charge is 0.504 e. The lowest BCUT2D eigenvalue weighted by molar-refractivity contribution is 0.0751. The first-order valence-corrected chi connectivity index (χ1v) is 9.83. The zero-order valence-corrected chi connectivity index (χ0v) is 17.0. The van der Waals surface area contributed by atoms with Crippen molar-refractivity contribution in [2.45, 2.75) is 51.7 Å². The molecule has 0 radical (unpaired) electrons. The summed E-state index contributed by atoms with van der Waals surface area (Å²) in [5, 5.41) is 78.5. The first-order chi connectivity index (χ1) is 14.0. The number of aliphatic hydroxyl groups excluding tert-OH is 2. The molecule has 0 unspecified atom stereocenters. The molecule has 4 atom stereocenters. The molecule has 2 aromatic rings. The summed E-state index contributed by atoms with van der Waals surface area (Å²) in [6, 6.07) is 5.30. The maximum atomic E-state index is 10.5. The quantitative estimate of drug-likeness (QED) is 0.286. The summed E-state index contributed by atoms with van der Waals surface area (Å²) in [7, 11) is 0. The lowest BCUT2D eigenvalue weighted by Crippen LogP contribution is -2.30. The molecule has 0 aromatic heterocycles. The maximum Gasteiger partial charge on any atom is 0.200 e. The Morgan fingerprint density at radius 1 is 0.633 bits per heavy atom. The van der Waals surface area contributed by atoms with Crippen LogP contribution in [0, 0.1) is 11.8 Å². The zero-order chi connectivity index (χ0) is 22.6. The lowest BCUT2D eigenvalue weighted by atomic mass is 9.77. The molecule has 0 bridgehead atoms. The van der Waals surface area contributed by atoms with Crippen LogP contribution in [-0.2, 0) is 12.8 Å². The summed E-state index contributed by atoms with van der Waals surface area (Å²) >= 11 is 0. The molecule has 0 amide bonds. The molecule has 0 spiro atoms. The summed E-state index contributed by atoms with van der Waals surface area (Å²) < 4.78 is 0. The van der Waals surface area contributed by atoms with Crippen molar-refractivity contribution in [2.75, 3.05) is 0 Å². The Balaban J connectivity index is 2.35. The summed E-state index contributed by atoms with van der Waals surface area (Å²) in [4.78, 5) is 0. The highest BCUT2D eigenvalue weighted by atomic mass is 16.3. The van der Waals surface area contributed by atoms with E-state index in [1.54, 1.807) is 13.8 Å². The van der Waals surface area contributed by atoms with Crippen molar-refractivity contribution in [1.82, 2.24) is 0 Å². The lowest BCUT2D eigenvalue weighted by Gasteiger charge is -2.30. The number of aromatic hydroxyl groups is 6. The van der Waals surface area contributed by atoms with Gasteiger partial charge in [-0.2, -0.15) is 0 Å². The van der Waals surface area contributed by atoms with E-state index in [4.69, 9.17) is 0 Å². The van der Waals surface area contributed by atoms with Gasteiger partial charge in [0.1, 0.15) is 0 Å². The van der Waals surface area contributed by atoms with Crippen LogP contribution < -0.4 is 0 Å². The van der Waals surface area contributed by atoms with Crippen LogP contribution >= 0.6 is 0 Å². The van der Waals surface area contributed by atoms with Gasteiger partial charge in [-0.05, 0) is 86.8 Å². The fourth-order valence-electron chi connectivity index (χ4n) is 3.79. The number of rotatable bonds is 9. The average Bonchev–Trinajstić information content (AvgIpc) is 2.65. The molecule has 166 valence electrons. The van der Waals surface area contributed by atoms with Gasteiger partial charge < -0.3 is 40.9 Å². The second-order valence-electron chi connectivity index (χ2n) is 7.96. The van der Waals surface area contributed by atoms with Gasteiger partial charge in [-0.3, -0.25) is 0 Å². The highest BCUT2D eigenvalue weighted by molar-refractivity contribution is 5.52. The van der Waals surface area contributed by atoms with E-state index in [2.05, 4.69) is 0 Å². The van der Waals surface area contributed by atoms with E-state index in [1.165, 1.54) is 24.3 Å². The highest BCUT2D eigenvalue weighted by Crippen LogP contribution is 2.39. The van der Waals surface area contributed by atoms with E-state index >= 15 is 0 Å². The molecule has 0 saturated heterocycles. The van der Waals surface area contributed by atoms with E-state index in [-0.39, 0.29) is 18.3 Å². The zero-order valence-electron chi connectivity index (χ0n) is 17.0. The molecule has 8 nitrogen and oxygen atoms in total. The molecule has 0 aliphatic rings. The van der Waals surface area contributed by atoms with Gasteiger partial charge in [-0.1, -0.05) is 0 Å². The Kier molecular flexibility index (Phi) is 7.64. The van der Waals surface area contributed by atoms with Crippen LogP contribution in [0.25, 0.3) is 0 Å². The molecule has 0 aliphatic heterocycles. The van der Waals surface area contributed by atoms with Gasteiger partial charge in [-0.15, -0.1) is 0 Å². The Labute approximate surface area is 174 Å². The SMILES string of the molecule is C[C@@H](O)CC[C@@H](Cc1cc(O)c(O)c(O)c1)[C@H](Cc1cc(O)c(O)c(O)c1)[C@@H](C)O. The molecule has 8 heteroatoms. The fraction of sp³-hybridized carbons (Fsp3) is 0.455. The van der Waals surface area contributed by atoms with Crippen molar-refractivity contribution in [2.24, 2.45) is 11.8 Å². The van der Waals surface area contributed by atoms with E-state index in [1.807, 2.05) is 0 Å². The highest BCUT2D eigenvalue weighted by Gasteiger charge is 2.28. The molecule has 2 aromatic carbocycles. The topological polar surface area (TPSA) is 162 Å². The van der Waals surface area contributed by atoms with Gasteiger partial charge >= 0.3 is 0 Å². The van der Waals surface area contributed by atoms with Crippen LogP contribution in [0.2, 0.25) is 0 Å². The van der Waals surface area contributed by atoms with Crippen molar-refractivity contribution >= 4 is 0 Å². The molecule has 2 rings (SSSR count). The van der Waals surface area contributed by atoms with Gasteiger partial charge in [0.25, 0.3) is 0 Å². The Morgan fingerprint density at radius 2 is 1.03 bits per heavy atom. The monoisotopic (exact) mass is 422 g/mol. The Morgan fingerprint density at radius 3 is 1.40 bits per heavy atom. The standard InChI is InChI=1S/C22H30O8/c1-11(23)3-4-15(5-13-7-17(25)21(29)18(26)8-13)16(12(2)24)6-14-9-19(27)22(30)20(28)10-14/h7-12,15-16,23-30H,3-6H2,1-2H3/t11-,12-,15+,16-/m1/s1. The van der Waals surface area contributed by atoms with Crippen LogP contribution in [0.5, 0.6) is 34.5 Å². The molecule has 8 N–H and O–H groups in total. The van der Waals surface area contributed by atoms with Gasteiger partial charge in [0.2, 0.25) is 0 Å². The average molecular weight is 422 g/mol. The van der Waals surface area contributed by atoms with Gasteiger partial charge in [-0.25, -0.2) is 0 Å². The number of hydrogen-bond donors (Lipinski definition) is 8. The van der Waals surface area contributed by atoms with Crippen LogP contribution in [0.15, 0.2) is 24.3 Å². The normalized spacial score (nSPS) is 15.5. The van der Waals surface area contributed by atoms with E-state index in [9.17, 15) is 40.9 Å². The summed E-state index contributed by atoms with van der Waals surface area (Å²) in [5.74, 6) is -3.66. The Bertz CT molecular complexity index is 816. The molecule has 0 fully saturated rings. The van der Waals surface area contributed by atoms with Gasteiger partial charge in [0.15, 0.2) is 34.5 Å². The third kappa shape index (κ3) is 5.84. The summed E-state index contributed by atoms with van der Waals surface area (Å²) in [6.45, 7) is 3.27. The van der Waals surface area contributed by atoms with E-state index in [0.29, 0.717) is 30.4 Å². The van der Waals surface area contributed by atoms with Crippen LogP contribution in [-0.4, -0.2) is 53.1 Å².